The molecule has 28 atom stereocenters. The second kappa shape index (κ2) is 51.4. The lowest BCUT2D eigenvalue weighted by Gasteiger charge is -2.48. The minimum absolute atomic E-state index is 0.000822. The van der Waals surface area contributed by atoms with Gasteiger partial charge in [-0.1, -0.05) is 220 Å². The summed E-state index contributed by atoms with van der Waals surface area (Å²) in [7, 11) is -5.64. The van der Waals surface area contributed by atoms with Gasteiger partial charge in [0.1, 0.15) is 11.4 Å². The number of carbonyl (C=O) groups is 3. The number of aliphatic hydroxyl groups excluding tert-OH is 4. The van der Waals surface area contributed by atoms with Gasteiger partial charge in [0.2, 0.25) is 0 Å². The number of hydrogen-bond acceptors (Lipinski definition) is 25. The molecule has 13 aliphatic heterocycles. The third-order valence-corrected chi connectivity index (χ3v) is 50.5. The minimum Gasteiger partial charge on any atom is -0.466 e. The first-order valence-electron chi connectivity index (χ1n) is 55.9. The van der Waals surface area contributed by atoms with Gasteiger partial charge in [-0.05, 0) is 247 Å². The van der Waals surface area contributed by atoms with Crippen LogP contribution in [0.2, 0.25) is 54.4 Å². The first kappa shape index (κ1) is 118. The molecule has 147 heavy (non-hydrogen) atoms. The monoisotopic (exact) mass is 2090 g/mol. The molecular formula is C117H181B2NO24Si3. The van der Waals surface area contributed by atoms with Gasteiger partial charge < -0.3 is 95.1 Å². The number of ketones is 1. The number of rotatable bonds is 16. The molecule has 816 valence electrons. The zero-order chi connectivity index (χ0) is 107. The number of benzene rings is 3. The van der Waals surface area contributed by atoms with Gasteiger partial charge >= 0.3 is 32.3 Å². The normalized spacial score (nSPS) is 35.1. The molecular weight excluding hydrogens is 1910 g/mol. The third kappa shape index (κ3) is 27.6. The number of ether oxygens (including phenoxy) is 9. The van der Waals surface area contributed by atoms with Crippen LogP contribution < -0.4 is 5.46 Å². The van der Waals surface area contributed by atoms with Gasteiger partial charge in [-0.15, -0.1) is 0 Å². The Morgan fingerprint density at radius 1 is 0.490 bits per heavy atom. The number of nitrogens with zero attached hydrogens (tertiary/aromatic N) is 1. The number of hydrogen-bond donors (Lipinski definition) is 4. The standard InChI is InChI=1S/C24H24BNO.C17H30O3Si.C15H30O4Si.C15H28O3Si.C11H16O3.C10H19BO2.C9H14O3.C9H12O3.C6H8.CO2/c1-19-11-8-9-16-22(19)25-26-18-10-17-23(26)24(27-25,20-12-4-2-5-13-20)21-14-6-3-7-15-21;1-7-19-16(18)14-12-8-10-13(11-9-12)15(14)20-21(5,6)17(2,3)4;1-15(2,3)20(4,5)19-13-10(8-16)6-7-11-12(13)9-18-14(11)17;1-15(2,3)19(4,5)18-13-10-6-7-11-12(13)9-17-14(11)16-8-10;1-2-14-11(13)9-7-3-5-8(6-4-7)10(9)12;1-6-7-8-11-12-9(2,3)10(4,5)13-11;2*10-8-5-1-2-6-7(8)4-12-9(6)11-3-5;1-2-4-6-5-3-1;2-1-3/h2-9,11-16,23H,10,17-18H2,1H3;8,10,12-15H,7,9,11H2,1-6H3;10-14,16-17H,6-9H2,1-5H3;10-14H,6-9H2,1-5H3;3,5,7-10,12H,2,4,6H2,1H3;7-8H,6H2,1-5H3;5-10H,1-4H2;5-7,9H,1-4H2;1-4H,5-6H2;/b;;;;;8-7+;;;;/t23-;;10-,11-,12-,13-,14?;;;;;;;/m1.1......./s1. The zero-order valence-corrected chi connectivity index (χ0v) is 95.9. The Balaban J connectivity index is 0.000000140. The van der Waals surface area contributed by atoms with E-state index in [2.05, 4.69) is 281 Å². The van der Waals surface area contributed by atoms with Crippen LogP contribution in [0.5, 0.6) is 0 Å². The fourth-order valence-electron chi connectivity index (χ4n) is 24.7. The van der Waals surface area contributed by atoms with Crippen molar-refractivity contribution >= 4 is 68.5 Å². The van der Waals surface area contributed by atoms with Crippen molar-refractivity contribution in [1.29, 1.82) is 0 Å². The largest absolute Gasteiger partial charge is 0.486 e. The highest BCUT2D eigenvalue weighted by Crippen LogP contribution is 2.56. The Kier molecular flexibility index (Phi) is 41.4. The first-order valence-corrected chi connectivity index (χ1v) is 64.6. The molecule has 13 saturated heterocycles. The maximum absolute atomic E-state index is 12.4. The number of aliphatic hydroxyl groups is 4. The van der Waals surface area contributed by atoms with Crippen molar-refractivity contribution in [2.45, 2.75) is 360 Å². The molecule has 16 bridgehead atoms. The quantitative estimate of drug-likeness (QED) is 0.0588. The molecule has 0 amide bonds. The second-order valence-corrected chi connectivity index (χ2v) is 64.0. The number of aryl methyl sites for hydroxylation is 1. The molecule has 0 aromatic heterocycles. The molecule has 30 heteroatoms. The Bertz CT molecular complexity index is 4810. The fourth-order valence-corrected chi connectivity index (χ4v) is 28.8. The molecule has 0 spiro atoms. The van der Waals surface area contributed by atoms with E-state index in [1.165, 1.54) is 60.7 Å². The van der Waals surface area contributed by atoms with E-state index in [0.29, 0.717) is 117 Å². The molecule has 27 rings (SSSR count). The van der Waals surface area contributed by atoms with Crippen LogP contribution in [0.1, 0.15) is 237 Å². The zero-order valence-electron chi connectivity index (χ0n) is 92.9. The lowest BCUT2D eigenvalue weighted by Crippen LogP contribution is -2.54. The second-order valence-electron chi connectivity index (χ2n) is 49.8. The van der Waals surface area contributed by atoms with E-state index in [0.717, 1.165) is 90.4 Å². The van der Waals surface area contributed by atoms with Gasteiger partial charge in [-0.25, -0.2) is 0 Å². The van der Waals surface area contributed by atoms with E-state index in [-0.39, 0.29) is 156 Å². The molecule has 19 fully saturated rings. The maximum atomic E-state index is 12.4. The molecule has 11 aliphatic carbocycles. The fraction of sp³-hybridized carbons (Fsp3) is 0.726. The average Bonchev–Trinajstić information content (AvgIpc) is 1.56. The summed E-state index contributed by atoms with van der Waals surface area (Å²) in [5.74, 6) is 6.90. The lowest BCUT2D eigenvalue weighted by molar-refractivity contribution is -0.192. The molecule has 13 heterocycles. The summed E-state index contributed by atoms with van der Waals surface area (Å²) in [6.45, 7) is 57.2. The highest BCUT2D eigenvalue weighted by molar-refractivity contribution is 6.75. The van der Waals surface area contributed by atoms with Crippen LogP contribution in [-0.2, 0) is 99.4 Å². The number of Topliss-reactive ketones (excluding diaryl/α,β-unsaturated/α-hetero) is 1. The van der Waals surface area contributed by atoms with Gasteiger partial charge in [0.25, 0.3) is 0 Å². The van der Waals surface area contributed by atoms with Crippen LogP contribution in [0.3, 0.4) is 0 Å². The van der Waals surface area contributed by atoms with Crippen LogP contribution in [0.15, 0.2) is 146 Å². The highest BCUT2D eigenvalue weighted by atomic mass is 28.4. The predicted octanol–water partition coefficient (Wildman–Crippen LogP) is 20.0. The SMILES string of the molecule is C1=CCCC=C1.CC(C)(C)[Si](C)(C)OC1C2CCC3C(OC2)OCC31.CC(C)(C)[Si](C)(C)O[C@@H]1[C@@H](CO)CC[C@H]2C(O)OC[C@@H]12.CC/C=C/B1OC(C)(C)C(C)(C)O1.CCOC(=O)C1C2C=CC(CC2)C1O.CCOC(=O)C1C2C=CC(CC2)C1O[Si](C)(C)C(C)(C)C.Cc1ccccc1B1OC(c2ccccc2)(c2ccccc2)[C@H]2CCCN12.O=C1C2CCC3C(OC2)OCC13.O=C=O.OC1C2CCC3C(OC2)OCC13. The highest BCUT2D eigenvalue weighted by Gasteiger charge is 2.62. The molecule has 3 aromatic rings. The summed E-state index contributed by atoms with van der Waals surface area (Å²) in [6.07, 6.45) is 37.3. The smallest absolute Gasteiger partial charge is 0.466 e. The van der Waals surface area contributed by atoms with Gasteiger partial charge in [0.15, 0.2) is 50.1 Å². The van der Waals surface area contributed by atoms with E-state index in [1.807, 2.05) is 19.0 Å². The topological polar surface area (TPSA) is 308 Å². The summed E-state index contributed by atoms with van der Waals surface area (Å²) in [4.78, 5) is 54.5. The molecule has 25 nitrogen and oxygen atoms in total. The van der Waals surface area contributed by atoms with Gasteiger partial charge in [0, 0.05) is 95.5 Å². The van der Waals surface area contributed by atoms with Gasteiger partial charge in [-0.3, -0.25) is 14.4 Å². The van der Waals surface area contributed by atoms with Crippen molar-refractivity contribution < 1.29 is 114 Å². The number of fused-ring (bicyclic) bond motifs is 12. The van der Waals surface area contributed by atoms with E-state index in [9.17, 15) is 34.8 Å². The molecule has 23 unspecified atom stereocenters. The van der Waals surface area contributed by atoms with Crippen molar-refractivity contribution in [3.63, 3.8) is 0 Å². The predicted molar refractivity (Wildman–Crippen MR) is 578 cm³/mol. The molecule has 4 N–H and O–H groups in total. The summed E-state index contributed by atoms with van der Waals surface area (Å²) in [5, 5.41) is 40.0. The van der Waals surface area contributed by atoms with Crippen LogP contribution in [0.25, 0.3) is 0 Å². The van der Waals surface area contributed by atoms with E-state index >= 15 is 0 Å². The van der Waals surface area contributed by atoms with Crippen LogP contribution in [-0.4, -0.2) is 234 Å². The summed E-state index contributed by atoms with van der Waals surface area (Å²) in [6, 6.07) is 30.6. The van der Waals surface area contributed by atoms with Gasteiger partial charge in [-0.2, -0.15) is 9.59 Å². The van der Waals surface area contributed by atoms with Gasteiger partial charge in [0.05, 0.1) is 113 Å². The Labute approximate surface area is 883 Å². The molecule has 3 aromatic carbocycles. The van der Waals surface area contributed by atoms with Crippen LogP contribution >= 0.6 is 0 Å². The molecule has 0 radical (unpaired) electrons. The average molecular weight is 2090 g/mol. The number of esters is 2. The van der Waals surface area contributed by atoms with Crippen molar-refractivity contribution in [2.75, 3.05) is 72.6 Å². The Hall–Kier alpha value is -5.59. The van der Waals surface area contributed by atoms with E-state index < -0.39 is 42.9 Å². The number of allylic oxidation sites excluding steroid dienone is 7. The first-order chi connectivity index (χ1) is 69.7. The summed E-state index contributed by atoms with van der Waals surface area (Å²) >= 11 is 0. The van der Waals surface area contributed by atoms with Crippen LogP contribution in [0.4, 0.5) is 0 Å². The van der Waals surface area contributed by atoms with Crippen molar-refractivity contribution in [2.24, 2.45) is 107 Å². The lowest BCUT2D eigenvalue weighted by atomic mass is 9.67. The summed E-state index contributed by atoms with van der Waals surface area (Å²) < 4.78 is 88.1. The minimum atomic E-state index is -1.88. The van der Waals surface area contributed by atoms with Crippen molar-refractivity contribution in [1.82, 2.24) is 4.81 Å². The molecule has 6 saturated carbocycles. The molecule has 24 aliphatic rings. The summed E-state index contributed by atoms with van der Waals surface area (Å²) in [5.41, 5.74) is 4.24. The maximum Gasteiger partial charge on any atom is 0.486 e. The Morgan fingerprint density at radius 3 is 1.48 bits per heavy atom. The number of carbonyl (C=O) groups excluding carboxylic acids is 5. The van der Waals surface area contributed by atoms with Crippen LogP contribution in [0, 0.1) is 113 Å². The van der Waals surface area contributed by atoms with Crippen molar-refractivity contribution in [3.8, 4) is 0 Å². The third-order valence-electron chi connectivity index (χ3n) is 37.1. The van der Waals surface area contributed by atoms with E-state index in [4.69, 9.17) is 79.5 Å². The Morgan fingerprint density at radius 2 is 0.946 bits per heavy atom. The van der Waals surface area contributed by atoms with Crippen molar-refractivity contribution in [3.05, 3.63) is 162 Å². The van der Waals surface area contributed by atoms with E-state index in [1.54, 1.807) is 6.92 Å².